The molecule has 5 rings (SSSR count). The summed E-state index contributed by atoms with van der Waals surface area (Å²) in [5, 5.41) is 21.5. The van der Waals surface area contributed by atoms with Crippen molar-refractivity contribution < 1.29 is 29.0 Å². The van der Waals surface area contributed by atoms with Gasteiger partial charge in [-0.25, -0.2) is 4.79 Å². The van der Waals surface area contributed by atoms with Crippen molar-refractivity contribution in [3.63, 3.8) is 0 Å². The molecule has 5 atom stereocenters. The molecule has 2 aliphatic heterocycles. The van der Waals surface area contributed by atoms with Crippen LogP contribution < -0.4 is 21.7 Å². The topological polar surface area (TPSA) is 160 Å². The molecule has 0 saturated carbocycles. The van der Waals surface area contributed by atoms with E-state index in [2.05, 4.69) is 16.0 Å². The highest BCUT2D eigenvalue weighted by atomic mass is 16.6. The van der Waals surface area contributed by atoms with Gasteiger partial charge in [0.15, 0.2) is 11.6 Å². The number of nitrogens with one attached hydrogen (secondary N) is 3. The Bertz CT molecular complexity index is 1840. The number of ketones is 2. The average Bonchev–Trinajstić information content (AvgIpc) is 3.58. The lowest BCUT2D eigenvalue weighted by molar-refractivity contribution is -0.127. The molecule has 0 aliphatic carbocycles. The van der Waals surface area contributed by atoms with Crippen LogP contribution in [0.3, 0.4) is 0 Å². The summed E-state index contributed by atoms with van der Waals surface area (Å²) in [6.07, 6.45) is 2.10. The summed E-state index contributed by atoms with van der Waals surface area (Å²) in [6, 6.07) is 27.5. The molecule has 0 fully saturated rings. The Kier molecular flexibility index (Phi) is 11.9. The van der Waals surface area contributed by atoms with Crippen LogP contribution in [0.2, 0.25) is 0 Å². The number of amides is 2. The second kappa shape index (κ2) is 16.2. The zero-order valence-corrected chi connectivity index (χ0v) is 31.2. The zero-order valence-electron chi connectivity index (χ0n) is 31.2. The number of primary amides is 1. The van der Waals surface area contributed by atoms with Crippen LogP contribution in [0.4, 0.5) is 4.79 Å². The van der Waals surface area contributed by atoms with Crippen LogP contribution in [0.25, 0.3) is 0 Å². The smallest absolute Gasteiger partial charge is 0.407 e. The summed E-state index contributed by atoms with van der Waals surface area (Å²) in [5.41, 5.74) is 5.30. The van der Waals surface area contributed by atoms with E-state index in [1.54, 1.807) is 33.2 Å². The molecule has 3 aromatic carbocycles. The van der Waals surface area contributed by atoms with E-state index in [9.17, 15) is 19.5 Å². The summed E-state index contributed by atoms with van der Waals surface area (Å²) in [4.78, 5) is 55.8. The minimum absolute atomic E-state index is 0.0305. The van der Waals surface area contributed by atoms with Crippen molar-refractivity contribution in [1.29, 1.82) is 0 Å². The molecular formula is C43H52N4O6. The van der Waals surface area contributed by atoms with Crippen LogP contribution in [-0.4, -0.2) is 57.5 Å². The average molecular weight is 721 g/mol. The van der Waals surface area contributed by atoms with Crippen molar-refractivity contribution in [2.75, 3.05) is 0 Å². The predicted octanol–water partition coefficient (Wildman–Crippen LogP) is 5.10. The van der Waals surface area contributed by atoms with Gasteiger partial charge in [-0.05, 0) is 62.6 Å². The summed E-state index contributed by atoms with van der Waals surface area (Å²) < 4.78 is 5.56. The maximum absolute atomic E-state index is 15.1. The van der Waals surface area contributed by atoms with Crippen LogP contribution in [0.1, 0.15) is 64.2 Å². The first kappa shape index (κ1) is 39.0. The number of aliphatic hydroxyl groups excluding tert-OH is 1. The Morgan fingerprint density at radius 3 is 1.87 bits per heavy atom. The van der Waals surface area contributed by atoms with Crippen molar-refractivity contribution in [2.45, 2.75) is 95.5 Å². The fraction of sp³-hybridized carbons (Fsp3) is 0.395. The standard InChI is InChI=1S/C43H52N4O6/c1-28(2)23-43(37(49)33(26-46-43)32(39(44)51)21-29-15-9-6-10-16-29)34-27-45-42(38(34)50,24-31-19-13-8-14-20-31)25-36(48)35(22-30-17-11-7-12-18-30)47-40(52)53-41(3,4)5/h6-20,26-28,32,35-36,45-46,48H,21-25H2,1-5H3,(H2,44,51)(H,47,52)/t32-,35+,36+,42+,43+/m1/s1. The fourth-order valence-electron chi connectivity index (χ4n) is 7.45. The van der Waals surface area contributed by atoms with E-state index in [1.807, 2.05) is 105 Å². The molecular weight excluding hydrogens is 668 g/mol. The molecule has 2 aliphatic rings. The summed E-state index contributed by atoms with van der Waals surface area (Å²) in [7, 11) is 0. The second-order valence-corrected chi connectivity index (χ2v) is 15.7. The molecule has 0 bridgehead atoms. The monoisotopic (exact) mass is 720 g/mol. The normalized spacial score (nSPS) is 21.6. The molecule has 0 unspecified atom stereocenters. The zero-order chi connectivity index (χ0) is 38.4. The lowest BCUT2D eigenvalue weighted by atomic mass is 9.71. The number of benzene rings is 3. The summed E-state index contributed by atoms with van der Waals surface area (Å²) in [6.45, 7) is 9.22. The molecule has 10 heteroatoms. The minimum atomic E-state index is -1.47. The maximum atomic E-state index is 15.1. The quantitative estimate of drug-likeness (QED) is 0.145. The van der Waals surface area contributed by atoms with Gasteiger partial charge in [0, 0.05) is 36.4 Å². The number of nitrogens with two attached hydrogens (primary N) is 1. The van der Waals surface area contributed by atoms with Crippen molar-refractivity contribution in [3.05, 3.63) is 131 Å². The first-order valence-corrected chi connectivity index (χ1v) is 18.3. The van der Waals surface area contributed by atoms with E-state index in [1.165, 1.54) is 0 Å². The van der Waals surface area contributed by atoms with Gasteiger partial charge in [0.25, 0.3) is 0 Å². The lowest BCUT2D eigenvalue weighted by Gasteiger charge is -2.37. The Labute approximate surface area is 312 Å². The number of carbonyl (C=O) groups is 4. The Morgan fingerprint density at radius 1 is 0.792 bits per heavy atom. The van der Waals surface area contributed by atoms with E-state index < -0.39 is 46.7 Å². The van der Waals surface area contributed by atoms with Crippen molar-refractivity contribution in [2.24, 2.45) is 17.6 Å². The maximum Gasteiger partial charge on any atom is 0.407 e. The number of Topliss-reactive ketones (excluding diaryl/α,β-unsaturated/α-hetero) is 2. The minimum Gasteiger partial charge on any atom is -0.444 e. The van der Waals surface area contributed by atoms with E-state index in [4.69, 9.17) is 10.5 Å². The molecule has 280 valence electrons. The predicted molar refractivity (Wildman–Crippen MR) is 204 cm³/mol. The third-order valence-electron chi connectivity index (χ3n) is 9.84. The van der Waals surface area contributed by atoms with Crippen molar-refractivity contribution >= 4 is 23.6 Å². The van der Waals surface area contributed by atoms with E-state index in [0.29, 0.717) is 0 Å². The highest BCUT2D eigenvalue weighted by Crippen LogP contribution is 2.42. The third kappa shape index (κ3) is 9.24. The fourth-order valence-corrected chi connectivity index (χ4v) is 7.45. The number of rotatable bonds is 15. The largest absolute Gasteiger partial charge is 0.444 e. The van der Waals surface area contributed by atoms with Gasteiger partial charge in [0.1, 0.15) is 16.7 Å². The van der Waals surface area contributed by atoms with E-state index in [-0.39, 0.29) is 60.7 Å². The molecule has 0 spiro atoms. The highest BCUT2D eigenvalue weighted by molar-refractivity contribution is 6.19. The Hall–Kier alpha value is -5.22. The molecule has 0 radical (unpaired) electrons. The molecule has 10 nitrogen and oxygen atoms in total. The van der Waals surface area contributed by atoms with Crippen molar-refractivity contribution in [3.8, 4) is 0 Å². The molecule has 2 heterocycles. The number of aliphatic hydroxyl groups is 1. The van der Waals surface area contributed by atoms with Gasteiger partial charge in [-0.2, -0.15) is 0 Å². The van der Waals surface area contributed by atoms with Gasteiger partial charge in [-0.1, -0.05) is 105 Å². The van der Waals surface area contributed by atoms with Gasteiger partial charge in [0.2, 0.25) is 5.91 Å². The van der Waals surface area contributed by atoms with Crippen LogP contribution in [0.15, 0.2) is 115 Å². The van der Waals surface area contributed by atoms with E-state index in [0.717, 1.165) is 16.7 Å². The van der Waals surface area contributed by atoms with Gasteiger partial charge in [-0.15, -0.1) is 0 Å². The van der Waals surface area contributed by atoms with Gasteiger partial charge >= 0.3 is 6.09 Å². The first-order chi connectivity index (χ1) is 25.1. The number of hydrogen-bond donors (Lipinski definition) is 5. The van der Waals surface area contributed by atoms with Gasteiger partial charge in [0.05, 0.1) is 18.1 Å². The van der Waals surface area contributed by atoms with Crippen LogP contribution >= 0.6 is 0 Å². The molecule has 2 amide bonds. The van der Waals surface area contributed by atoms with Gasteiger partial charge in [-0.3, -0.25) is 14.4 Å². The van der Waals surface area contributed by atoms with Crippen LogP contribution in [-0.2, 0) is 38.4 Å². The number of ether oxygens (including phenoxy) is 1. The Balaban J connectivity index is 1.49. The molecule has 6 N–H and O–H groups in total. The van der Waals surface area contributed by atoms with Crippen LogP contribution in [0.5, 0.6) is 0 Å². The molecule has 0 saturated heterocycles. The SMILES string of the molecule is CC(C)C[C@@]1(C2=CN[C@@](Cc3ccccc3)(C[C@H](O)[C@H](Cc3ccccc3)NC(=O)OC(C)(C)C)C2=O)NC=C([C@@H](Cc2ccccc2)C(N)=O)C1=O. The number of carbonyl (C=O) groups excluding carboxylic acids is 4. The second-order valence-electron chi connectivity index (χ2n) is 15.7. The molecule has 53 heavy (non-hydrogen) atoms. The number of hydrogen-bond acceptors (Lipinski definition) is 8. The third-order valence-corrected chi connectivity index (χ3v) is 9.84. The summed E-state index contributed by atoms with van der Waals surface area (Å²) in [5.74, 6) is -2.31. The van der Waals surface area contributed by atoms with Crippen LogP contribution in [0, 0.1) is 11.8 Å². The lowest BCUT2D eigenvalue weighted by Crippen LogP contribution is -2.57. The molecule has 0 aromatic heterocycles. The van der Waals surface area contributed by atoms with Gasteiger partial charge < -0.3 is 31.5 Å². The highest BCUT2D eigenvalue weighted by Gasteiger charge is 2.57. The summed E-state index contributed by atoms with van der Waals surface area (Å²) >= 11 is 0. The van der Waals surface area contributed by atoms with E-state index >= 15 is 4.79 Å². The first-order valence-electron chi connectivity index (χ1n) is 18.3. The Morgan fingerprint density at radius 2 is 1.34 bits per heavy atom. The van der Waals surface area contributed by atoms with Crippen molar-refractivity contribution in [1.82, 2.24) is 16.0 Å². The molecule has 3 aromatic rings. The number of alkyl carbamates (subject to hydrolysis) is 1.